The molecule has 0 aromatic rings. The Labute approximate surface area is 134 Å². The number of carboxylic acids is 1. The maximum atomic E-state index is 11.0. The van der Waals surface area contributed by atoms with Crippen molar-refractivity contribution in [1.82, 2.24) is 10.2 Å². The summed E-state index contributed by atoms with van der Waals surface area (Å²) in [6.45, 7) is 4.80. The molecule has 0 saturated heterocycles. The third-order valence-corrected chi connectivity index (χ3v) is 6.12. The third-order valence-electron chi connectivity index (χ3n) is 6.12. The van der Waals surface area contributed by atoms with Gasteiger partial charge in [0.2, 0.25) is 0 Å². The first-order valence-electron chi connectivity index (χ1n) is 9.31. The number of aliphatic carboxylic acids is 1. The molecule has 3 rings (SSSR count). The van der Waals surface area contributed by atoms with Crippen LogP contribution in [-0.4, -0.2) is 47.7 Å². The average Bonchev–Trinajstić information content (AvgIpc) is 3.22. The van der Waals surface area contributed by atoms with Crippen LogP contribution in [0.15, 0.2) is 0 Å². The van der Waals surface area contributed by atoms with Gasteiger partial charge in [0, 0.05) is 18.6 Å². The molecule has 0 aromatic carbocycles. The molecule has 2 N–H and O–H groups in total. The Morgan fingerprint density at radius 3 is 2.55 bits per heavy atom. The highest BCUT2D eigenvalue weighted by atomic mass is 16.4. The Morgan fingerprint density at radius 2 is 1.91 bits per heavy atom. The number of hydrogen-bond donors (Lipinski definition) is 2. The van der Waals surface area contributed by atoms with Gasteiger partial charge >= 0.3 is 5.97 Å². The van der Waals surface area contributed by atoms with E-state index in [0.29, 0.717) is 12.1 Å². The molecule has 126 valence electrons. The van der Waals surface area contributed by atoms with E-state index in [2.05, 4.69) is 17.1 Å². The number of hydrogen-bond acceptors (Lipinski definition) is 3. The van der Waals surface area contributed by atoms with E-state index >= 15 is 0 Å². The molecule has 0 aromatic heterocycles. The zero-order chi connectivity index (χ0) is 15.5. The molecule has 0 spiro atoms. The van der Waals surface area contributed by atoms with Crippen molar-refractivity contribution >= 4 is 5.97 Å². The lowest BCUT2D eigenvalue weighted by Crippen LogP contribution is -2.55. The summed E-state index contributed by atoms with van der Waals surface area (Å²) in [6, 6.07) is 1.12. The van der Waals surface area contributed by atoms with Gasteiger partial charge in [0.1, 0.15) is 0 Å². The first-order chi connectivity index (χ1) is 10.6. The van der Waals surface area contributed by atoms with E-state index in [9.17, 15) is 4.79 Å². The van der Waals surface area contributed by atoms with Crippen LogP contribution >= 0.6 is 0 Å². The summed E-state index contributed by atoms with van der Waals surface area (Å²) in [5.41, 5.74) is 0. The average molecular weight is 308 g/mol. The minimum atomic E-state index is -0.673. The molecule has 0 aliphatic heterocycles. The molecule has 3 saturated carbocycles. The van der Waals surface area contributed by atoms with Crippen molar-refractivity contribution < 1.29 is 9.90 Å². The molecule has 0 bridgehead atoms. The van der Waals surface area contributed by atoms with Crippen LogP contribution in [0.5, 0.6) is 0 Å². The molecule has 3 aliphatic carbocycles. The molecule has 22 heavy (non-hydrogen) atoms. The Hall–Kier alpha value is -0.610. The second-order valence-corrected chi connectivity index (χ2v) is 8.02. The minimum absolute atomic E-state index is 0.230. The lowest BCUT2D eigenvalue weighted by atomic mass is 9.79. The van der Waals surface area contributed by atoms with Gasteiger partial charge in [0.25, 0.3) is 0 Å². The number of rotatable bonds is 8. The molecule has 4 heteroatoms. The van der Waals surface area contributed by atoms with Crippen LogP contribution in [0.2, 0.25) is 0 Å². The molecule has 0 heterocycles. The summed E-state index contributed by atoms with van der Waals surface area (Å²) in [5, 5.41) is 12.8. The smallest absolute Gasteiger partial charge is 0.317 e. The van der Waals surface area contributed by atoms with Gasteiger partial charge in [-0.3, -0.25) is 9.69 Å². The number of nitrogens with zero attached hydrogens (tertiary/aromatic N) is 1. The van der Waals surface area contributed by atoms with Crippen molar-refractivity contribution in [2.24, 2.45) is 17.8 Å². The predicted molar refractivity (Wildman–Crippen MR) is 87.9 cm³/mol. The second kappa shape index (κ2) is 7.31. The van der Waals surface area contributed by atoms with Gasteiger partial charge < -0.3 is 10.4 Å². The molecular weight excluding hydrogens is 276 g/mol. The molecular formula is C18H32N2O2. The Kier molecular flexibility index (Phi) is 5.40. The van der Waals surface area contributed by atoms with E-state index in [1.165, 1.54) is 45.1 Å². The number of carbonyl (C=O) groups is 1. The molecule has 0 radical (unpaired) electrons. The lowest BCUT2D eigenvalue weighted by Gasteiger charge is -2.44. The Morgan fingerprint density at radius 1 is 1.18 bits per heavy atom. The van der Waals surface area contributed by atoms with E-state index in [-0.39, 0.29) is 6.54 Å². The molecule has 0 amide bonds. The second-order valence-electron chi connectivity index (χ2n) is 8.02. The third kappa shape index (κ3) is 4.45. The van der Waals surface area contributed by atoms with Crippen LogP contribution in [0.25, 0.3) is 0 Å². The van der Waals surface area contributed by atoms with Crippen LogP contribution in [-0.2, 0) is 4.79 Å². The summed E-state index contributed by atoms with van der Waals surface area (Å²) in [4.78, 5) is 13.3. The van der Waals surface area contributed by atoms with Crippen molar-refractivity contribution in [3.05, 3.63) is 0 Å². The highest BCUT2D eigenvalue weighted by molar-refractivity contribution is 5.69. The first kappa shape index (κ1) is 16.3. The van der Waals surface area contributed by atoms with Gasteiger partial charge in [0.05, 0.1) is 6.54 Å². The fraction of sp³-hybridized carbons (Fsp3) is 0.944. The molecule has 3 fully saturated rings. The van der Waals surface area contributed by atoms with E-state index in [4.69, 9.17) is 5.11 Å². The normalized spacial score (nSPS) is 35.4. The summed E-state index contributed by atoms with van der Waals surface area (Å²) in [7, 11) is 0. The van der Waals surface area contributed by atoms with Gasteiger partial charge in [0.15, 0.2) is 0 Å². The first-order valence-corrected chi connectivity index (χ1v) is 9.31. The number of nitrogens with one attached hydrogen (secondary N) is 1. The van der Waals surface area contributed by atoms with Crippen LogP contribution in [0.4, 0.5) is 0 Å². The summed E-state index contributed by atoms with van der Waals surface area (Å²) >= 11 is 0. The zero-order valence-corrected chi connectivity index (χ0v) is 14.0. The maximum Gasteiger partial charge on any atom is 0.317 e. The molecule has 2 atom stereocenters. The minimum Gasteiger partial charge on any atom is -0.480 e. The largest absolute Gasteiger partial charge is 0.480 e. The van der Waals surface area contributed by atoms with Crippen molar-refractivity contribution in [2.75, 3.05) is 19.6 Å². The van der Waals surface area contributed by atoms with Crippen LogP contribution in [0.1, 0.15) is 58.3 Å². The summed E-state index contributed by atoms with van der Waals surface area (Å²) < 4.78 is 0. The van der Waals surface area contributed by atoms with E-state index in [0.717, 1.165) is 37.1 Å². The predicted octanol–water partition coefficient (Wildman–Crippen LogP) is 2.73. The maximum absolute atomic E-state index is 11.0. The molecule has 2 unspecified atom stereocenters. The van der Waals surface area contributed by atoms with Gasteiger partial charge in [-0.15, -0.1) is 0 Å². The van der Waals surface area contributed by atoms with Gasteiger partial charge in [-0.05, 0) is 56.4 Å². The van der Waals surface area contributed by atoms with Crippen molar-refractivity contribution in [1.29, 1.82) is 0 Å². The lowest BCUT2D eigenvalue weighted by molar-refractivity contribution is -0.139. The van der Waals surface area contributed by atoms with Crippen molar-refractivity contribution in [3.63, 3.8) is 0 Å². The van der Waals surface area contributed by atoms with Crippen molar-refractivity contribution in [3.8, 4) is 0 Å². The Balaban J connectivity index is 1.37. The SMILES string of the molecule is CC1CCCCC1CNC1CC(N(CC(=O)O)CC2CC2)C1. The monoisotopic (exact) mass is 308 g/mol. The van der Waals surface area contributed by atoms with Gasteiger partial charge in [-0.2, -0.15) is 0 Å². The zero-order valence-electron chi connectivity index (χ0n) is 14.0. The highest BCUT2D eigenvalue weighted by Gasteiger charge is 2.37. The van der Waals surface area contributed by atoms with E-state index in [1.54, 1.807) is 0 Å². The molecule has 4 nitrogen and oxygen atoms in total. The summed E-state index contributed by atoms with van der Waals surface area (Å²) in [6.07, 6.45) is 10.5. The Bertz CT molecular complexity index is 377. The van der Waals surface area contributed by atoms with E-state index in [1.807, 2.05) is 0 Å². The van der Waals surface area contributed by atoms with E-state index < -0.39 is 5.97 Å². The topological polar surface area (TPSA) is 52.6 Å². The molecule has 3 aliphatic rings. The van der Waals surface area contributed by atoms with Gasteiger partial charge in [-0.25, -0.2) is 0 Å². The summed E-state index contributed by atoms with van der Waals surface area (Å²) in [5.74, 6) is 1.83. The highest BCUT2D eigenvalue weighted by Crippen LogP contribution is 2.34. The van der Waals surface area contributed by atoms with Crippen LogP contribution in [0.3, 0.4) is 0 Å². The number of carboxylic acid groups (broad SMARTS) is 1. The fourth-order valence-corrected chi connectivity index (χ4v) is 4.22. The van der Waals surface area contributed by atoms with Gasteiger partial charge in [-0.1, -0.05) is 26.2 Å². The van der Waals surface area contributed by atoms with Crippen LogP contribution < -0.4 is 5.32 Å². The van der Waals surface area contributed by atoms with Crippen molar-refractivity contribution in [2.45, 2.75) is 70.4 Å². The fourth-order valence-electron chi connectivity index (χ4n) is 4.22. The standard InChI is InChI=1S/C18H32N2O2/c1-13-4-2-3-5-15(13)10-19-16-8-17(9-16)20(12-18(21)22)11-14-6-7-14/h13-17,19H,2-12H2,1H3,(H,21,22). The quantitative estimate of drug-likeness (QED) is 0.724. The van der Waals surface area contributed by atoms with Crippen LogP contribution in [0, 0.1) is 17.8 Å².